The maximum Gasteiger partial charge on any atom is 0.127 e. The zero-order valence-corrected chi connectivity index (χ0v) is 13.3. The molecule has 0 aliphatic rings. The Hall–Kier alpha value is -2.73. The van der Waals surface area contributed by atoms with Gasteiger partial charge < -0.3 is 10.2 Å². The third-order valence-electron chi connectivity index (χ3n) is 3.58. The van der Waals surface area contributed by atoms with E-state index in [1.807, 2.05) is 55.8 Å². The second-order valence-electron chi connectivity index (χ2n) is 5.53. The normalized spacial score (nSPS) is 10.7. The van der Waals surface area contributed by atoms with Gasteiger partial charge in [0.15, 0.2) is 0 Å². The number of H-pyrrole nitrogens is 1. The number of hydrogen-bond acceptors (Lipinski definition) is 5. The van der Waals surface area contributed by atoms with Crippen molar-refractivity contribution in [2.45, 2.75) is 13.1 Å². The molecule has 3 heterocycles. The molecule has 0 aliphatic heterocycles. The lowest BCUT2D eigenvalue weighted by molar-refractivity contribution is 0.692. The van der Waals surface area contributed by atoms with Gasteiger partial charge in [-0.25, -0.2) is 4.98 Å². The predicted octanol–water partition coefficient (Wildman–Crippen LogP) is 2.22. The molecule has 6 nitrogen and oxygen atoms in total. The molecule has 0 saturated heterocycles. The smallest absolute Gasteiger partial charge is 0.127 e. The molecule has 0 radical (unpaired) electrons. The number of hydrogen-bond donors (Lipinski definition) is 2. The van der Waals surface area contributed by atoms with Gasteiger partial charge >= 0.3 is 0 Å². The molecule has 0 spiro atoms. The summed E-state index contributed by atoms with van der Waals surface area (Å²) < 4.78 is 0. The van der Waals surface area contributed by atoms with Gasteiger partial charge in [-0.15, -0.1) is 0 Å². The molecule has 3 rings (SSSR count). The van der Waals surface area contributed by atoms with Crippen LogP contribution in [0.4, 0.5) is 5.82 Å². The second-order valence-corrected chi connectivity index (χ2v) is 5.53. The Balaban J connectivity index is 1.60. The number of nitrogens with one attached hydrogen (secondary N) is 2. The van der Waals surface area contributed by atoms with Gasteiger partial charge in [0, 0.05) is 56.9 Å². The van der Waals surface area contributed by atoms with Crippen molar-refractivity contribution < 1.29 is 0 Å². The zero-order chi connectivity index (χ0) is 16.1. The van der Waals surface area contributed by atoms with Crippen LogP contribution in [0.3, 0.4) is 0 Å². The van der Waals surface area contributed by atoms with Crippen LogP contribution in [0.25, 0.3) is 11.3 Å². The molecule has 0 aromatic carbocycles. The maximum absolute atomic E-state index is 4.42. The largest absolute Gasteiger partial charge is 0.363 e. The van der Waals surface area contributed by atoms with E-state index in [0.717, 1.165) is 41.3 Å². The van der Waals surface area contributed by atoms with Crippen LogP contribution in [0.2, 0.25) is 0 Å². The summed E-state index contributed by atoms with van der Waals surface area (Å²) >= 11 is 0. The summed E-state index contributed by atoms with van der Waals surface area (Å²) in [7, 11) is 3.97. The van der Waals surface area contributed by atoms with Gasteiger partial charge in [0.25, 0.3) is 0 Å². The highest BCUT2D eigenvalue weighted by Gasteiger charge is 2.07. The van der Waals surface area contributed by atoms with E-state index in [-0.39, 0.29) is 0 Å². The van der Waals surface area contributed by atoms with E-state index in [4.69, 9.17) is 0 Å². The Morgan fingerprint density at radius 3 is 2.70 bits per heavy atom. The SMILES string of the molecule is CN(C)c1ccc(CNCc2cn[nH]c2-c2cccnc2)cn1. The standard InChI is InChI=1S/C17H20N6/c1-23(2)16-6-5-13(9-20-16)8-19-11-15-12-21-22-17(15)14-4-3-7-18-10-14/h3-7,9-10,12,19H,8,11H2,1-2H3,(H,21,22). The fraction of sp³-hybridized carbons (Fsp3) is 0.235. The van der Waals surface area contributed by atoms with Gasteiger partial charge in [-0.2, -0.15) is 5.10 Å². The van der Waals surface area contributed by atoms with E-state index in [0.29, 0.717) is 0 Å². The lowest BCUT2D eigenvalue weighted by Crippen LogP contribution is -2.14. The lowest BCUT2D eigenvalue weighted by atomic mass is 10.1. The van der Waals surface area contributed by atoms with E-state index in [1.165, 1.54) is 0 Å². The minimum atomic E-state index is 0.732. The Morgan fingerprint density at radius 1 is 1.09 bits per heavy atom. The van der Waals surface area contributed by atoms with Crippen molar-refractivity contribution in [1.29, 1.82) is 0 Å². The molecular formula is C17H20N6. The van der Waals surface area contributed by atoms with Crippen LogP contribution in [0.1, 0.15) is 11.1 Å². The molecule has 23 heavy (non-hydrogen) atoms. The Labute approximate surface area is 135 Å². The second kappa shape index (κ2) is 7.02. The zero-order valence-electron chi connectivity index (χ0n) is 13.3. The summed E-state index contributed by atoms with van der Waals surface area (Å²) in [5, 5.41) is 10.6. The number of anilines is 1. The van der Waals surface area contributed by atoms with Gasteiger partial charge in [-0.1, -0.05) is 6.07 Å². The first-order valence-electron chi connectivity index (χ1n) is 7.49. The van der Waals surface area contributed by atoms with Crippen molar-refractivity contribution in [2.75, 3.05) is 19.0 Å². The summed E-state index contributed by atoms with van der Waals surface area (Å²) in [4.78, 5) is 10.6. The monoisotopic (exact) mass is 308 g/mol. The van der Waals surface area contributed by atoms with E-state index >= 15 is 0 Å². The van der Waals surface area contributed by atoms with E-state index in [1.54, 1.807) is 6.20 Å². The third kappa shape index (κ3) is 3.73. The minimum Gasteiger partial charge on any atom is -0.363 e. The maximum atomic E-state index is 4.42. The van der Waals surface area contributed by atoms with Crippen molar-refractivity contribution >= 4 is 5.82 Å². The molecule has 118 valence electrons. The van der Waals surface area contributed by atoms with E-state index in [9.17, 15) is 0 Å². The third-order valence-corrected chi connectivity index (χ3v) is 3.58. The minimum absolute atomic E-state index is 0.732. The highest BCUT2D eigenvalue weighted by atomic mass is 15.1. The summed E-state index contributed by atoms with van der Waals surface area (Å²) in [6.07, 6.45) is 7.35. The number of rotatable bonds is 6. The van der Waals surface area contributed by atoms with E-state index < -0.39 is 0 Å². The fourth-order valence-corrected chi connectivity index (χ4v) is 2.33. The molecule has 0 amide bonds. The Bertz CT molecular complexity index is 733. The van der Waals surface area contributed by atoms with Crippen LogP contribution < -0.4 is 10.2 Å². The van der Waals surface area contributed by atoms with Crippen LogP contribution in [0.5, 0.6) is 0 Å². The number of aromatic amines is 1. The Kier molecular flexibility index (Phi) is 4.63. The molecule has 3 aromatic heterocycles. The first-order valence-corrected chi connectivity index (χ1v) is 7.49. The lowest BCUT2D eigenvalue weighted by Gasteiger charge is -2.11. The van der Waals surface area contributed by atoms with Crippen molar-refractivity contribution in [1.82, 2.24) is 25.5 Å². The van der Waals surface area contributed by atoms with Crippen molar-refractivity contribution in [3.8, 4) is 11.3 Å². The number of nitrogens with zero attached hydrogens (tertiary/aromatic N) is 4. The van der Waals surface area contributed by atoms with Crippen LogP contribution in [-0.4, -0.2) is 34.3 Å². The van der Waals surface area contributed by atoms with Gasteiger partial charge in [0.1, 0.15) is 5.82 Å². The number of pyridine rings is 2. The first-order chi connectivity index (χ1) is 11.2. The summed E-state index contributed by atoms with van der Waals surface area (Å²) in [6, 6.07) is 8.06. The average Bonchev–Trinajstić information content (AvgIpc) is 3.05. The molecule has 6 heteroatoms. The van der Waals surface area contributed by atoms with Crippen molar-refractivity contribution in [3.63, 3.8) is 0 Å². The number of aromatic nitrogens is 4. The quantitative estimate of drug-likeness (QED) is 0.731. The van der Waals surface area contributed by atoms with Gasteiger partial charge in [0.2, 0.25) is 0 Å². The molecule has 0 aliphatic carbocycles. The summed E-state index contributed by atoms with van der Waals surface area (Å²) in [5.74, 6) is 0.961. The van der Waals surface area contributed by atoms with Crippen LogP contribution in [-0.2, 0) is 13.1 Å². The topological polar surface area (TPSA) is 69.7 Å². The van der Waals surface area contributed by atoms with Crippen molar-refractivity contribution in [3.05, 3.63) is 60.2 Å². The fourth-order valence-electron chi connectivity index (χ4n) is 2.33. The van der Waals surface area contributed by atoms with Crippen LogP contribution in [0.15, 0.2) is 49.1 Å². The summed E-state index contributed by atoms with van der Waals surface area (Å²) in [5.41, 5.74) is 4.32. The predicted molar refractivity (Wildman–Crippen MR) is 90.9 cm³/mol. The molecule has 0 fully saturated rings. The molecule has 0 bridgehead atoms. The van der Waals surface area contributed by atoms with E-state index in [2.05, 4.69) is 31.5 Å². The van der Waals surface area contributed by atoms with Gasteiger partial charge in [-0.05, 0) is 23.8 Å². The Morgan fingerprint density at radius 2 is 2.00 bits per heavy atom. The van der Waals surface area contributed by atoms with Crippen LogP contribution >= 0.6 is 0 Å². The highest BCUT2D eigenvalue weighted by molar-refractivity contribution is 5.61. The van der Waals surface area contributed by atoms with Gasteiger partial charge in [-0.3, -0.25) is 10.1 Å². The van der Waals surface area contributed by atoms with Crippen molar-refractivity contribution in [2.24, 2.45) is 0 Å². The molecular weight excluding hydrogens is 288 g/mol. The molecule has 0 unspecified atom stereocenters. The van der Waals surface area contributed by atoms with Crippen LogP contribution in [0, 0.1) is 0 Å². The first kappa shape index (κ1) is 15.2. The average molecular weight is 308 g/mol. The molecule has 2 N–H and O–H groups in total. The molecule has 0 saturated carbocycles. The highest BCUT2D eigenvalue weighted by Crippen LogP contribution is 2.19. The molecule has 0 atom stereocenters. The summed E-state index contributed by atoms with van der Waals surface area (Å²) in [6.45, 7) is 1.49. The molecule has 3 aromatic rings. The van der Waals surface area contributed by atoms with Gasteiger partial charge in [0.05, 0.1) is 11.9 Å².